The van der Waals surface area contributed by atoms with Crippen molar-refractivity contribution < 1.29 is 14.8 Å². The van der Waals surface area contributed by atoms with Gasteiger partial charge in [0.25, 0.3) is 5.69 Å². The Morgan fingerprint density at radius 3 is 2.69 bits per heavy atom. The number of rotatable bonds is 6. The first kappa shape index (κ1) is 12.1. The first-order valence-electron chi connectivity index (χ1n) is 4.90. The van der Waals surface area contributed by atoms with Crippen LogP contribution in [0.15, 0.2) is 18.3 Å². The normalized spacial score (nSPS) is 10.0. The van der Waals surface area contributed by atoms with E-state index < -0.39 is 10.9 Å². The summed E-state index contributed by atoms with van der Waals surface area (Å²) in [6.45, 7) is 0. The van der Waals surface area contributed by atoms with Crippen molar-refractivity contribution in [1.82, 2.24) is 4.98 Å². The number of nitro groups is 1. The monoisotopic (exact) mass is 224 g/mol. The lowest BCUT2D eigenvalue weighted by Crippen LogP contribution is -1.96. The Kier molecular flexibility index (Phi) is 4.38. The third-order valence-corrected chi connectivity index (χ3v) is 2.09. The molecule has 0 aliphatic carbocycles. The maximum atomic E-state index is 10.3. The smallest absolute Gasteiger partial charge is 0.303 e. The molecule has 0 aliphatic heterocycles. The maximum Gasteiger partial charge on any atom is 0.303 e. The predicted molar refractivity (Wildman–Crippen MR) is 56.1 cm³/mol. The summed E-state index contributed by atoms with van der Waals surface area (Å²) in [4.78, 5) is 24.0. The minimum absolute atomic E-state index is 0.0331. The second-order valence-electron chi connectivity index (χ2n) is 3.37. The number of nitrogens with zero attached hydrogens (tertiary/aromatic N) is 2. The standard InChI is InChI=1S/C10H12N2O4/c13-10(14)4-2-1-3-8-5-6-9(7-11-8)12(15)16/h5-7H,1-4H2,(H,13,14). The molecule has 0 fully saturated rings. The quantitative estimate of drug-likeness (QED) is 0.451. The Balaban J connectivity index is 2.38. The van der Waals surface area contributed by atoms with Crippen molar-refractivity contribution >= 4 is 11.7 Å². The summed E-state index contributed by atoms with van der Waals surface area (Å²) in [6.07, 6.45) is 3.32. The van der Waals surface area contributed by atoms with Crippen LogP contribution < -0.4 is 0 Å². The van der Waals surface area contributed by atoms with E-state index in [1.807, 2.05) is 0 Å². The third-order valence-electron chi connectivity index (χ3n) is 2.09. The van der Waals surface area contributed by atoms with Crippen LogP contribution >= 0.6 is 0 Å². The van der Waals surface area contributed by atoms with E-state index in [1.54, 1.807) is 6.07 Å². The Bertz CT molecular complexity index is 375. The molecule has 0 amide bonds. The number of carboxylic acids is 1. The van der Waals surface area contributed by atoms with Gasteiger partial charge in [-0.2, -0.15) is 0 Å². The lowest BCUT2D eigenvalue weighted by Gasteiger charge is -1.99. The van der Waals surface area contributed by atoms with Crippen molar-refractivity contribution in [3.05, 3.63) is 34.1 Å². The van der Waals surface area contributed by atoms with Gasteiger partial charge in [-0.25, -0.2) is 0 Å². The van der Waals surface area contributed by atoms with Crippen LogP contribution in [0.5, 0.6) is 0 Å². The van der Waals surface area contributed by atoms with Gasteiger partial charge >= 0.3 is 5.97 Å². The van der Waals surface area contributed by atoms with Crippen LogP contribution in [0.3, 0.4) is 0 Å². The Hall–Kier alpha value is -1.98. The summed E-state index contributed by atoms with van der Waals surface area (Å²) < 4.78 is 0. The molecule has 16 heavy (non-hydrogen) atoms. The largest absolute Gasteiger partial charge is 0.481 e. The summed E-state index contributed by atoms with van der Waals surface area (Å²) in [5.41, 5.74) is 0.713. The van der Waals surface area contributed by atoms with Crippen molar-refractivity contribution in [2.45, 2.75) is 25.7 Å². The molecule has 6 nitrogen and oxygen atoms in total. The molecule has 0 saturated heterocycles. The van der Waals surface area contributed by atoms with E-state index in [9.17, 15) is 14.9 Å². The van der Waals surface area contributed by atoms with Gasteiger partial charge in [0.15, 0.2) is 0 Å². The Morgan fingerprint density at radius 1 is 1.44 bits per heavy atom. The zero-order valence-corrected chi connectivity index (χ0v) is 8.63. The van der Waals surface area contributed by atoms with Crippen molar-refractivity contribution in [3.63, 3.8) is 0 Å². The van der Waals surface area contributed by atoms with Crippen molar-refractivity contribution in [2.24, 2.45) is 0 Å². The number of carbonyl (C=O) groups is 1. The summed E-state index contributed by atoms with van der Waals surface area (Å²) in [5.74, 6) is -0.809. The fraction of sp³-hybridized carbons (Fsp3) is 0.400. The molecule has 0 radical (unpaired) electrons. The van der Waals surface area contributed by atoms with Crippen LogP contribution in [0.25, 0.3) is 0 Å². The van der Waals surface area contributed by atoms with Gasteiger partial charge in [-0.3, -0.25) is 19.9 Å². The molecule has 1 aromatic heterocycles. The summed E-state index contributed by atoms with van der Waals surface area (Å²) >= 11 is 0. The second-order valence-corrected chi connectivity index (χ2v) is 3.37. The highest BCUT2D eigenvalue weighted by molar-refractivity contribution is 5.66. The van der Waals surface area contributed by atoms with E-state index in [2.05, 4.69) is 4.98 Å². The molecule has 0 spiro atoms. The Labute approximate surface area is 92.1 Å². The topological polar surface area (TPSA) is 93.3 Å². The van der Waals surface area contributed by atoms with E-state index >= 15 is 0 Å². The highest BCUT2D eigenvalue weighted by Crippen LogP contribution is 2.10. The number of hydrogen-bond acceptors (Lipinski definition) is 4. The van der Waals surface area contributed by atoms with Crippen LogP contribution in [0.2, 0.25) is 0 Å². The summed E-state index contributed by atoms with van der Waals surface area (Å²) in [5, 5.41) is 18.8. The van der Waals surface area contributed by atoms with Crippen LogP contribution in [0, 0.1) is 10.1 Å². The number of hydrogen-bond donors (Lipinski definition) is 1. The Morgan fingerprint density at radius 2 is 2.19 bits per heavy atom. The van der Waals surface area contributed by atoms with E-state index in [1.165, 1.54) is 12.3 Å². The molecular formula is C10H12N2O4. The van der Waals surface area contributed by atoms with E-state index in [0.29, 0.717) is 12.8 Å². The van der Waals surface area contributed by atoms with E-state index in [-0.39, 0.29) is 12.1 Å². The van der Waals surface area contributed by atoms with Gasteiger partial charge in [-0.15, -0.1) is 0 Å². The number of carboxylic acid groups (broad SMARTS) is 1. The van der Waals surface area contributed by atoms with Gasteiger partial charge in [0.1, 0.15) is 6.20 Å². The molecule has 0 bridgehead atoms. The summed E-state index contributed by atoms with van der Waals surface area (Å²) in [6, 6.07) is 3.00. The molecule has 0 aromatic carbocycles. The number of unbranched alkanes of at least 4 members (excludes halogenated alkanes) is 1. The zero-order valence-electron chi connectivity index (χ0n) is 8.63. The van der Waals surface area contributed by atoms with Gasteiger partial charge in [0.05, 0.1) is 4.92 Å². The van der Waals surface area contributed by atoms with Crippen molar-refractivity contribution in [2.75, 3.05) is 0 Å². The minimum atomic E-state index is -0.809. The van der Waals surface area contributed by atoms with Crippen LogP contribution in [-0.2, 0) is 11.2 Å². The zero-order chi connectivity index (χ0) is 12.0. The molecule has 0 atom stereocenters. The molecule has 0 saturated carbocycles. The maximum absolute atomic E-state index is 10.3. The second kappa shape index (κ2) is 5.79. The molecule has 0 unspecified atom stereocenters. The molecule has 0 aliphatic rings. The molecular weight excluding hydrogens is 212 g/mol. The van der Waals surface area contributed by atoms with Crippen LogP contribution in [0.4, 0.5) is 5.69 Å². The van der Waals surface area contributed by atoms with Gasteiger partial charge in [0, 0.05) is 18.2 Å². The number of aliphatic carboxylic acids is 1. The fourth-order valence-electron chi connectivity index (χ4n) is 1.25. The fourth-order valence-corrected chi connectivity index (χ4v) is 1.25. The highest BCUT2D eigenvalue weighted by atomic mass is 16.6. The highest BCUT2D eigenvalue weighted by Gasteiger charge is 2.05. The van der Waals surface area contributed by atoms with E-state index in [0.717, 1.165) is 12.1 Å². The molecule has 6 heteroatoms. The average Bonchev–Trinajstić information content (AvgIpc) is 2.25. The minimum Gasteiger partial charge on any atom is -0.481 e. The van der Waals surface area contributed by atoms with Gasteiger partial charge in [-0.05, 0) is 25.3 Å². The van der Waals surface area contributed by atoms with Crippen LogP contribution in [0.1, 0.15) is 25.0 Å². The van der Waals surface area contributed by atoms with Crippen molar-refractivity contribution in [1.29, 1.82) is 0 Å². The number of aryl methyl sites for hydroxylation is 1. The first-order chi connectivity index (χ1) is 7.59. The number of aromatic nitrogens is 1. The molecule has 1 heterocycles. The van der Waals surface area contributed by atoms with Gasteiger partial charge < -0.3 is 5.11 Å². The van der Waals surface area contributed by atoms with Crippen molar-refractivity contribution in [3.8, 4) is 0 Å². The SMILES string of the molecule is O=C(O)CCCCc1ccc([N+](=O)[O-])cn1. The first-order valence-corrected chi connectivity index (χ1v) is 4.90. The van der Waals surface area contributed by atoms with Gasteiger partial charge in [-0.1, -0.05) is 0 Å². The lowest BCUT2D eigenvalue weighted by atomic mass is 10.1. The molecule has 1 aromatic rings. The number of pyridine rings is 1. The van der Waals surface area contributed by atoms with Gasteiger partial charge in [0.2, 0.25) is 0 Å². The predicted octanol–water partition coefficient (Wildman–Crippen LogP) is 1.79. The molecule has 1 N–H and O–H groups in total. The lowest BCUT2D eigenvalue weighted by molar-refractivity contribution is -0.385. The molecule has 1 rings (SSSR count). The summed E-state index contributed by atoms with van der Waals surface area (Å²) in [7, 11) is 0. The average molecular weight is 224 g/mol. The van der Waals surface area contributed by atoms with Crippen LogP contribution in [-0.4, -0.2) is 21.0 Å². The van der Waals surface area contributed by atoms with E-state index in [4.69, 9.17) is 5.11 Å². The molecule has 86 valence electrons. The third kappa shape index (κ3) is 4.04.